The number of thiazole rings is 1. The maximum atomic E-state index is 13.9. The molecule has 0 fully saturated rings. The molecule has 1 aliphatic rings. The summed E-state index contributed by atoms with van der Waals surface area (Å²) in [6.07, 6.45) is 3.39. The van der Waals surface area contributed by atoms with Crippen molar-refractivity contribution < 1.29 is 23.7 Å². The quantitative estimate of drug-likeness (QED) is 0.279. The number of methoxy groups -OCH3 is 1. The van der Waals surface area contributed by atoms with E-state index in [1.807, 2.05) is 44.2 Å². The summed E-state index contributed by atoms with van der Waals surface area (Å²) in [5.41, 5.74) is 1.92. The largest absolute Gasteiger partial charge is 0.493 e. The molecule has 2 heterocycles. The summed E-state index contributed by atoms with van der Waals surface area (Å²) in [4.78, 5) is 32.2. The number of benzene rings is 2. The smallest absolute Gasteiger partial charge is 0.338 e. The van der Waals surface area contributed by atoms with Gasteiger partial charge in [-0.05, 0) is 57.5 Å². The highest BCUT2D eigenvalue weighted by Crippen LogP contribution is 2.36. The van der Waals surface area contributed by atoms with Crippen LogP contribution >= 0.6 is 11.3 Å². The number of para-hydroxylation sites is 1. The number of esters is 1. The molecule has 1 aromatic heterocycles. The standard InChI is InChI=1S/C30H32N2O6S/c1-7-15-37-22-12-10-9-11-20(22)17-25-28(33)32-27(21-13-14-23(38-18(3)4)24(16-21)35-6)26(29(34)36-8-2)19(5)31-30(32)39-25/h7,9-14,16-18,27H,1,8,15H2,2-6H3/b25-17-/t27-/m1/s1. The first-order valence-electron chi connectivity index (χ1n) is 12.7. The van der Waals surface area contributed by atoms with E-state index >= 15 is 0 Å². The fraction of sp³-hybridized carbons (Fsp3) is 0.300. The first-order valence-corrected chi connectivity index (χ1v) is 13.5. The number of nitrogens with zero attached hydrogens (tertiary/aromatic N) is 2. The van der Waals surface area contributed by atoms with Crippen molar-refractivity contribution in [3.8, 4) is 17.2 Å². The number of carbonyl (C=O) groups is 1. The lowest BCUT2D eigenvalue weighted by molar-refractivity contribution is -0.139. The van der Waals surface area contributed by atoms with E-state index in [2.05, 4.69) is 11.6 Å². The molecule has 9 heteroatoms. The van der Waals surface area contributed by atoms with E-state index < -0.39 is 12.0 Å². The highest BCUT2D eigenvalue weighted by molar-refractivity contribution is 7.07. The summed E-state index contributed by atoms with van der Waals surface area (Å²) < 4.78 is 24.6. The van der Waals surface area contributed by atoms with Crippen molar-refractivity contribution in [2.45, 2.75) is 39.8 Å². The Hall–Kier alpha value is -4.11. The molecule has 2 aromatic carbocycles. The summed E-state index contributed by atoms with van der Waals surface area (Å²) in [5.74, 6) is 1.17. The van der Waals surface area contributed by atoms with Gasteiger partial charge in [-0.25, -0.2) is 9.79 Å². The van der Waals surface area contributed by atoms with Crippen molar-refractivity contribution in [1.29, 1.82) is 0 Å². The van der Waals surface area contributed by atoms with E-state index in [-0.39, 0.29) is 18.3 Å². The van der Waals surface area contributed by atoms with Gasteiger partial charge in [0, 0.05) is 5.56 Å². The lowest BCUT2D eigenvalue weighted by atomic mass is 9.95. The first kappa shape index (κ1) is 27.9. The molecule has 0 radical (unpaired) electrons. The predicted octanol–water partition coefficient (Wildman–Crippen LogP) is 4.16. The van der Waals surface area contributed by atoms with Gasteiger partial charge < -0.3 is 18.9 Å². The lowest BCUT2D eigenvalue weighted by Gasteiger charge is -2.25. The monoisotopic (exact) mass is 548 g/mol. The zero-order chi connectivity index (χ0) is 28.1. The second kappa shape index (κ2) is 12.2. The second-order valence-corrected chi connectivity index (χ2v) is 10.0. The van der Waals surface area contributed by atoms with Gasteiger partial charge in [-0.3, -0.25) is 9.36 Å². The van der Waals surface area contributed by atoms with Crippen molar-refractivity contribution >= 4 is 23.4 Å². The Labute approximate surface area is 231 Å². The van der Waals surface area contributed by atoms with Crippen LogP contribution in [-0.4, -0.2) is 37.0 Å². The van der Waals surface area contributed by atoms with Crippen LogP contribution in [0.1, 0.15) is 44.9 Å². The molecule has 0 spiro atoms. The normalized spacial score (nSPS) is 15.0. The second-order valence-electron chi connectivity index (χ2n) is 9.02. The molecule has 0 bridgehead atoms. The van der Waals surface area contributed by atoms with Crippen LogP contribution in [0.4, 0.5) is 0 Å². The Morgan fingerprint density at radius 3 is 2.64 bits per heavy atom. The minimum Gasteiger partial charge on any atom is -0.493 e. The Morgan fingerprint density at radius 2 is 1.95 bits per heavy atom. The number of aromatic nitrogens is 1. The zero-order valence-electron chi connectivity index (χ0n) is 22.7. The van der Waals surface area contributed by atoms with Gasteiger partial charge in [0.05, 0.1) is 41.7 Å². The summed E-state index contributed by atoms with van der Waals surface area (Å²) in [6, 6.07) is 12.1. The van der Waals surface area contributed by atoms with Crippen molar-refractivity contribution in [2.75, 3.05) is 20.3 Å². The average Bonchev–Trinajstić information content (AvgIpc) is 3.21. The molecule has 1 aliphatic heterocycles. The van der Waals surface area contributed by atoms with Crippen LogP contribution in [0, 0.1) is 0 Å². The molecule has 0 saturated carbocycles. The van der Waals surface area contributed by atoms with Crippen LogP contribution in [-0.2, 0) is 9.53 Å². The fourth-order valence-electron chi connectivity index (χ4n) is 4.33. The van der Waals surface area contributed by atoms with E-state index in [0.29, 0.717) is 50.0 Å². The Balaban J connectivity index is 1.93. The highest BCUT2D eigenvalue weighted by Gasteiger charge is 2.34. The minimum absolute atomic E-state index is 0.0574. The molecule has 0 saturated heterocycles. The Kier molecular flexibility index (Phi) is 8.71. The van der Waals surface area contributed by atoms with Crippen LogP contribution in [0.2, 0.25) is 0 Å². The van der Waals surface area contributed by atoms with Crippen LogP contribution in [0.15, 0.2) is 76.2 Å². The van der Waals surface area contributed by atoms with Gasteiger partial charge in [0.1, 0.15) is 12.4 Å². The minimum atomic E-state index is -0.767. The molecule has 8 nitrogen and oxygen atoms in total. The number of hydrogen-bond donors (Lipinski definition) is 0. The topological polar surface area (TPSA) is 88.3 Å². The lowest BCUT2D eigenvalue weighted by Crippen LogP contribution is -2.40. The van der Waals surface area contributed by atoms with E-state index in [1.54, 1.807) is 49.8 Å². The third kappa shape index (κ3) is 5.83. The fourth-order valence-corrected chi connectivity index (χ4v) is 5.37. The predicted molar refractivity (Wildman–Crippen MR) is 151 cm³/mol. The molecule has 0 N–H and O–H groups in total. The van der Waals surface area contributed by atoms with Crippen molar-refractivity contribution in [3.05, 3.63) is 97.2 Å². The maximum absolute atomic E-state index is 13.9. The van der Waals surface area contributed by atoms with Crippen LogP contribution in [0.3, 0.4) is 0 Å². The number of ether oxygens (including phenoxy) is 4. The van der Waals surface area contributed by atoms with Gasteiger partial charge in [-0.15, -0.1) is 0 Å². The first-order chi connectivity index (χ1) is 18.8. The third-order valence-electron chi connectivity index (χ3n) is 5.95. The van der Waals surface area contributed by atoms with E-state index in [1.165, 1.54) is 11.3 Å². The molecule has 204 valence electrons. The van der Waals surface area contributed by atoms with Gasteiger partial charge in [-0.2, -0.15) is 0 Å². The summed E-state index contributed by atoms with van der Waals surface area (Å²) in [7, 11) is 1.55. The van der Waals surface area contributed by atoms with Crippen molar-refractivity contribution in [2.24, 2.45) is 4.99 Å². The van der Waals surface area contributed by atoms with Crippen LogP contribution < -0.4 is 29.1 Å². The molecule has 0 amide bonds. The molecule has 3 aromatic rings. The number of fused-ring (bicyclic) bond motifs is 1. The summed E-state index contributed by atoms with van der Waals surface area (Å²) in [5, 5.41) is 0. The molecule has 39 heavy (non-hydrogen) atoms. The maximum Gasteiger partial charge on any atom is 0.338 e. The van der Waals surface area contributed by atoms with E-state index in [9.17, 15) is 9.59 Å². The average molecular weight is 549 g/mol. The van der Waals surface area contributed by atoms with E-state index in [4.69, 9.17) is 18.9 Å². The molecular formula is C30H32N2O6S. The van der Waals surface area contributed by atoms with Crippen molar-refractivity contribution in [3.63, 3.8) is 0 Å². The highest BCUT2D eigenvalue weighted by atomic mass is 32.1. The zero-order valence-corrected chi connectivity index (χ0v) is 23.5. The molecule has 0 aliphatic carbocycles. The SMILES string of the molecule is C=CCOc1ccccc1/C=c1\sc2n(c1=O)[C@H](c1ccc(OC(C)C)c(OC)c1)C(C(=O)OCC)=C(C)N=2. The number of allylic oxidation sites excluding steroid dienone is 1. The number of rotatable bonds is 10. The Bertz CT molecular complexity index is 1600. The number of carbonyl (C=O) groups excluding carboxylic acids is 1. The van der Waals surface area contributed by atoms with Gasteiger partial charge in [0.15, 0.2) is 16.3 Å². The molecule has 4 rings (SSSR count). The van der Waals surface area contributed by atoms with Crippen LogP contribution in [0.5, 0.6) is 17.2 Å². The van der Waals surface area contributed by atoms with Gasteiger partial charge >= 0.3 is 5.97 Å². The Morgan fingerprint density at radius 1 is 1.18 bits per heavy atom. The third-order valence-corrected chi connectivity index (χ3v) is 6.93. The van der Waals surface area contributed by atoms with Crippen LogP contribution in [0.25, 0.3) is 6.08 Å². The van der Waals surface area contributed by atoms with Gasteiger partial charge in [-0.1, -0.05) is 48.3 Å². The number of hydrogen-bond acceptors (Lipinski definition) is 8. The summed E-state index contributed by atoms with van der Waals surface area (Å²) in [6.45, 7) is 11.6. The van der Waals surface area contributed by atoms with Gasteiger partial charge in [0.2, 0.25) is 0 Å². The molecule has 1 atom stereocenters. The van der Waals surface area contributed by atoms with Gasteiger partial charge in [0.25, 0.3) is 5.56 Å². The summed E-state index contributed by atoms with van der Waals surface area (Å²) >= 11 is 1.25. The van der Waals surface area contributed by atoms with E-state index in [0.717, 1.165) is 5.56 Å². The van der Waals surface area contributed by atoms with Crippen molar-refractivity contribution in [1.82, 2.24) is 4.57 Å². The molecular weight excluding hydrogens is 516 g/mol. The molecule has 0 unspecified atom stereocenters.